The molecule has 0 atom stereocenters. The molecule has 0 saturated heterocycles. The third kappa shape index (κ3) is 5.59. The molecule has 162 valence electrons. The number of aryl methyl sites for hydroxylation is 1. The van der Waals surface area contributed by atoms with Gasteiger partial charge in [0, 0.05) is 10.6 Å². The van der Waals surface area contributed by atoms with Crippen molar-refractivity contribution in [2.75, 3.05) is 29.5 Å². The van der Waals surface area contributed by atoms with Gasteiger partial charge in [0.25, 0.3) is 10.0 Å². The SMILES string of the molecule is COc1ccc(N(CC(=O)Nc2ccc(SC)cc2)S(=O)(=O)c2ccc(C)cc2)cc1. The van der Waals surface area contributed by atoms with E-state index in [1.165, 1.54) is 7.11 Å². The van der Waals surface area contributed by atoms with Crippen molar-refractivity contribution in [3.8, 4) is 5.75 Å². The zero-order valence-corrected chi connectivity index (χ0v) is 19.2. The van der Waals surface area contributed by atoms with E-state index in [1.807, 2.05) is 25.3 Å². The number of hydrogen-bond donors (Lipinski definition) is 1. The minimum Gasteiger partial charge on any atom is -0.497 e. The Labute approximate surface area is 187 Å². The molecule has 0 aliphatic carbocycles. The van der Waals surface area contributed by atoms with Gasteiger partial charge in [0.1, 0.15) is 12.3 Å². The lowest BCUT2D eigenvalue weighted by molar-refractivity contribution is -0.114. The molecule has 0 aromatic heterocycles. The number of methoxy groups -OCH3 is 1. The molecule has 0 aliphatic heterocycles. The molecule has 0 aliphatic rings. The first kappa shape index (κ1) is 22.7. The van der Waals surface area contributed by atoms with Crippen molar-refractivity contribution >= 4 is 39.1 Å². The van der Waals surface area contributed by atoms with Crippen molar-refractivity contribution in [1.29, 1.82) is 0 Å². The number of sulfonamides is 1. The van der Waals surface area contributed by atoms with E-state index in [9.17, 15) is 13.2 Å². The molecule has 6 nitrogen and oxygen atoms in total. The van der Waals surface area contributed by atoms with Gasteiger partial charge >= 0.3 is 0 Å². The Morgan fingerprint density at radius 3 is 2.13 bits per heavy atom. The number of hydrogen-bond acceptors (Lipinski definition) is 5. The second kappa shape index (κ2) is 9.89. The summed E-state index contributed by atoms with van der Waals surface area (Å²) in [5.41, 5.74) is 1.92. The number of thioether (sulfide) groups is 1. The predicted molar refractivity (Wildman–Crippen MR) is 126 cm³/mol. The van der Waals surface area contributed by atoms with Crippen LogP contribution in [0.1, 0.15) is 5.56 Å². The summed E-state index contributed by atoms with van der Waals surface area (Å²) in [7, 11) is -2.43. The topological polar surface area (TPSA) is 75.7 Å². The number of nitrogens with zero attached hydrogens (tertiary/aromatic N) is 1. The van der Waals surface area contributed by atoms with Gasteiger partial charge in [-0.1, -0.05) is 17.7 Å². The summed E-state index contributed by atoms with van der Waals surface area (Å²) in [4.78, 5) is 13.9. The zero-order valence-electron chi connectivity index (χ0n) is 17.5. The first-order valence-electron chi connectivity index (χ1n) is 9.51. The number of carbonyl (C=O) groups is 1. The molecule has 1 amide bonds. The average Bonchev–Trinajstić information content (AvgIpc) is 2.78. The van der Waals surface area contributed by atoms with E-state index in [0.29, 0.717) is 17.1 Å². The number of carbonyl (C=O) groups excluding carboxylic acids is 1. The van der Waals surface area contributed by atoms with E-state index in [-0.39, 0.29) is 11.4 Å². The van der Waals surface area contributed by atoms with Crippen LogP contribution in [0, 0.1) is 6.92 Å². The fraction of sp³-hybridized carbons (Fsp3) is 0.174. The fourth-order valence-electron chi connectivity index (χ4n) is 2.91. The second-order valence-corrected chi connectivity index (χ2v) is 9.54. The molecule has 1 N–H and O–H groups in total. The lowest BCUT2D eigenvalue weighted by Gasteiger charge is -2.24. The smallest absolute Gasteiger partial charge is 0.264 e. The Hall–Kier alpha value is -2.97. The number of benzene rings is 3. The number of anilines is 2. The average molecular weight is 457 g/mol. The highest BCUT2D eigenvalue weighted by molar-refractivity contribution is 7.98. The van der Waals surface area contributed by atoms with Gasteiger partial charge in [-0.05, 0) is 73.8 Å². The van der Waals surface area contributed by atoms with Crippen LogP contribution in [-0.4, -0.2) is 34.2 Å². The largest absolute Gasteiger partial charge is 0.497 e. The maximum Gasteiger partial charge on any atom is 0.264 e. The van der Waals surface area contributed by atoms with Crippen molar-refractivity contribution in [3.05, 3.63) is 78.4 Å². The molecule has 3 aromatic carbocycles. The van der Waals surface area contributed by atoms with Crippen LogP contribution >= 0.6 is 11.8 Å². The molecule has 0 spiro atoms. The van der Waals surface area contributed by atoms with Crippen LogP contribution in [0.25, 0.3) is 0 Å². The maximum atomic E-state index is 13.4. The minimum absolute atomic E-state index is 0.117. The summed E-state index contributed by atoms with van der Waals surface area (Å²) in [6, 6.07) is 20.5. The van der Waals surface area contributed by atoms with Crippen LogP contribution in [0.5, 0.6) is 5.75 Å². The molecule has 8 heteroatoms. The van der Waals surface area contributed by atoms with Crippen molar-refractivity contribution in [1.82, 2.24) is 0 Å². The monoisotopic (exact) mass is 456 g/mol. The normalized spacial score (nSPS) is 11.1. The van der Waals surface area contributed by atoms with E-state index in [2.05, 4.69) is 5.32 Å². The van der Waals surface area contributed by atoms with Crippen molar-refractivity contribution in [2.24, 2.45) is 0 Å². The molecule has 0 fully saturated rings. The van der Waals surface area contributed by atoms with E-state index in [4.69, 9.17) is 4.74 Å². The Morgan fingerprint density at radius 1 is 0.968 bits per heavy atom. The van der Waals surface area contributed by atoms with Gasteiger partial charge in [0.05, 0.1) is 17.7 Å². The number of ether oxygens (including phenoxy) is 1. The third-order valence-corrected chi connectivity index (χ3v) is 7.16. The van der Waals surface area contributed by atoms with Crippen LogP contribution < -0.4 is 14.4 Å². The zero-order chi connectivity index (χ0) is 22.4. The minimum atomic E-state index is -3.96. The summed E-state index contributed by atoms with van der Waals surface area (Å²) in [6.07, 6.45) is 1.97. The van der Waals surface area contributed by atoms with E-state index in [0.717, 1.165) is 14.8 Å². The van der Waals surface area contributed by atoms with Gasteiger partial charge in [-0.3, -0.25) is 9.10 Å². The summed E-state index contributed by atoms with van der Waals surface area (Å²) >= 11 is 1.60. The number of rotatable bonds is 8. The Balaban J connectivity index is 1.90. The molecule has 0 saturated carbocycles. The molecule has 0 unspecified atom stereocenters. The van der Waals surface area contributed by atoms with Crippen molar-refractivity contribution in [3.63, 3.8) is 0 Å². The Kier molecular flexibility index (Phi) is 7.25. The molecular weight excluding hydrogens is 432 g/mol. The lowest BCUT2D eigenvalue weighted by atomic mass is 10.2. The molecule has 31 heavy (non-hydrogen) atoms. The number of amides is 1. The van der Waals surface area contributed by atoms with Crippen LogP contribution in [0.2, 0.25) is 0 Å². The maximum absolute atomic E-state index is 13.4. The summed E-state index contributed by atoms with van der Waals surface area (Å²) in [5, 5.41) is 2.77. The van der Waals surface area contributed by atoms with Crippen LogP contribution in [-0.2, 0) is 14.8 Å². The van der Waals surface area contributed by atoms with E-state index >= 15 is 0 Å². The Bertz CT molecular complexity index is 1130. The quantitative estimate of drug-likeness (QED) is 0.503. The first-order chi connectivity index (χ1) is 14.8. The molecule has 0 radical (unpaired) electrons. The van der Waals surface area contributed by atoms with Gasteiger partial charge in [0.15, 0.2) is 0 Å². The van der Waals surface area contributed by atoms with Gasteiger partial charge in [0.2, 0.25) is 5.91 Å². The highest BCUT2D eigenvalue weighted by Gasteiger charge is 2.27. The summed E-state index contributed by atoms with van der Waals surface area (Å²) in [6.45, 7) is 1.51. The van der Waals surface area contributed by atoms with Crippen LogP contribution in [0.3, 0.4) is 0 Å². The van der Waals surface area contributed by atoms with Crippen LogP contribution in [0.4, 0.5) is 11.4 Å². The standard InChI is InChI=1S/C23H24N2O4S2/c1-17-4-14-22(15-5-17)31(27,28)25(19-8-10-20(29-2)11-9-19)16-23(26)24-18-6-12-21(30-3)13-7-18/h4-15H,16H2,1-3H3,(H,24,26). The van der Waals surface area contributed by atoms with Gasteiger partial charge in [-0.2, -0.15) is 0 Å². The highest BCUT2D eigenvalue weighted by Crippen LogP contribution is 2.26. The second-order valence-electron chi connectivity index (χ2n) is 6.80. The molecular formula is C23H24N2O4S2. The molecule has 0 bridgehead atoms. The molecule has 0 heterocycles. The van der Waals surface area contributed by atoms with Gasteiger partial charge in [-0.25, -0.2) is 8.42 Å². The summed E-state index contributed by atoms with van der Waals surface area (Å²) < 4.78 is 33.0. The summed E-state index contributed by atoms with van der Waals surface area (Å²) in [5.74, 6) is 0.151. The highest BCUT2D eigenvalue weighted by atomic mass is 32.2. The van der Waals surface area contributed by atoms with Crippen molar-refractivity contribution < 1.29 is 17.9 Å². The van der Waals surface area contributed by atoms with Crippen LogP contribution in [0.15, 0.2) is 82.6 Å². The molecule has 3 aromatic rings. The predicted octanol–water partition coefficient (Wildman–Crippen LogP) is 4.56. The van der Waals surface area contributed by atoms with E-state index in [1.54, 1.807) is 72.4 Å². The lowest BCUT2D eigenvalue weighted by Crippen LogP contribution is -2.38. The van der Waals surface area contributed by atoms with Crippen molar-refractivity contribution in [2.45, 2.75) is 16.7 Å². The first-order valence-corrected chi connectivity index (χ1v) is 12.2. The molecule has 3 rings (SSSR count). The van der Waals surface area contributed by atoms with Gasteiger partial charge < -0.3 is 10.1 Å². The van der Waals surface area contributed by atoms with Gasteiger partial charge in [-0.15, -0.1) is 11.8 Å². The number of nitrogens with one attached hydrogen (secondary N) is 1. The fourth-order valence-corrected chi connectivity index (χ4v) is 4.74. The van der Waals surface area contributed by atoms with E-state index < -0.39 is 15.9 Å². The Morgan fingerprint density at radius 2 is 1.58 bits per heavy atom. The third-order valence-electron chi connectivity index (χ3n) is 4.63.